The molecule has 5 nitrogen and oxygen atoms in total. The number of halogens is 1. The van der Waals surface area contributed by atoms with E-state index in [0.717, 1.165) is 16.8 Å². The average molecular weight is 286 g/mol. The first-order valence-electron chi connectivity index (χ1n) is 6.06. The van der Waals surface area contributed by atoms with Gasteiger partial charge in [0.25, 0.3) is 0 Å². The van der Waals surface area contributed by atoms with Crippen molar-refractivity contribution < 1.29 is 0 Å². The van der Waals surface area contributed by atoms with Gasteiger partial charge in [-0.1, -0.05) is 11.6 Å². The zero-order valence-electron chi connectivity index (χ0n) is 10.6. The molecule has 0 saturated heterocycles. The molecule has 0 aliphatic carbocycles. The van der Waals surface area contributed by atoms with E-state index in [0.29, 0.717) is 17.4 Å². The van der Waals surface area contributed by atoms with Gasteiger partial charge in [0.15, 0.2) is 5.82 Å². The summed E-state index contributed by atoms with van der Waals surface area (Å²) in [5.74, 6) is 0.662. The van der Waals surface area contributed by atoms with Gasteiger partial charge in [-0.2, -0.15) is 5.10 Å². The van der Waals surface area contributed by atoms with E-state index in [-0.39, 0.29) is 0 Å². The van der Waals surface area contributed by atoms with Crippen LogP contribution in [-0.4, -0.2) is 19.7 Å². The van der Waals surface area contributed by atoms with Gasteiger partial charge in [0.1, 0.15) is 6.33 Å². The normalized spacial score (nSPS) is 10.7. The lowest BCUT2D eigenvalue weighted by molar-refractivity contribution is 0.686. The molecule has 0 fully saturated rings. The number of nitrogens with zero attached hydrogens (tertiary/aromatic N) is 4. The zero-order valence-corrected chi connectivity index (χ0v) is 11.3. The predicted molar refractivity (Wildman–Crippen MR) is 78.2 cm³/mol. The molecule has 0 atom stereocenters. The minimum Gasteiger partial charge on any atom is -0.399 e. The Morgan fingerprint density at radius 3 is 2.70 bits per heavy atom. The lowest BCUT2D eigenvalue weighted by Gasteiger charge is -2.02. The maximum absolute atomic E-state index is 6.08. The van der Waals surface area contributed by atoms with Crippen molar-refractivity contribution in [1.29, 1.82) is 0 Å². The largest absolute Gasteiger partial charge is 0.399 e. The van der Waals surface area contributed by atoms with Crippen molar-refractivity contribution in [3.05, 3.63) is 59.6 Å². The van der Waals surface area contributed by atoms with E-state index < -0.39 is 0 Å². The monoisotopic (exact) mass is 285 g/mol. The van der Waals surface area contributed by atoms with Gasteiger partial charge in [0, 0.05) is 23.6 Å². The SMILES string of the molecule is Nc1ccc(-c2ncn(Cc3ccncc3Cl)n2)cc1. The molecule has 20 heavy (non-hydrogen) atoms. The number of nitrogen functional groups attached to an aromatic ring is 1. The van der Waals surface area contributed by atoms with Crippen LogP contribution in [0.4, 0.5) is 5.69 Å². The molecule has 3 aromatic rings. The first-order chi connectivity index (χ1) is 9.72. The van der Waals surface area contributed by atoms with Gasteiger partial charge < -0.3 is 5.73 Å². The summed E-state index contributed by atoms with van der Waals surface area (Å²) in [4.78, 5) is 8.25. The van der Waals surface area contributed by atoms with Gasteiger partial charge in [-0.15, -0.1) is 0 Å². The van der Waals surface area contributed by atoms with Gasteiger partial charge in [-0.05, 0) is 35.9 Å². The van der Waals surface area contributed by atoms with E-state index in [1.807, 2.05) is 30.3 Å². The Hall–Kier alpha value is -2.40. The molecule has 2 N–H and O–H groups in total. The molecule has 3 rings (SSSR count). The molecule has 2 aromatic heterocycles. The van der Waals surface area contributed by atoms with Crippen molar-refractivity contribution in [2.75, 3.05) is 5.73 Å². The second-order valence-electron chi connectivity index (χ2n) is 4.35. The molecule has 0 aliphatic heterocycles. The standard InChI is InChI=1S/C14H12ClN5/c15-13-7-17-6-5-11(13)8-20-9-18-14(19-20)10-1-3-12(16)4-2-10/h1-7,9H,8,16H2. The molecule has 0 saturated carbocycles. The second-order valence-corrected chi connectivity index (χ2v) is 4.76. The number of nitrogens with two attached hydrogens (primary N) is 1. The lowest BCUT2D eigenvalue weighted by atomic mass is 10.2. The fourth-order valence-electron chi connectivity index (χ4n) is 1.84. The second kappa shape index (κ2) is 5.30. The Morgan fingerprint density at radius 2 is 1.95 bits per heavy atom. The van der Waals surface area contributed by atoms with Crippen LogP contribution in [-0.2, 0) is 6.54 Å². The molecule has 0 bridgehead atoms. The van der Waals surface area contributed by atoms with Crippen LogP contribution in [0.2, 0.25) is 5.02 Å². The summed E-state index contributed by atoms with van der Waals surface area (Å²) in [7, 11) is 0. The van der Waals surface area contributed by atoms with Crippen molar-refractivity contribution >= 4 is 17.3 Å². The van der Waals surface area contributed by atoms with Crippen LogP contribution in [0.15, 0.2) is 49.1 Å². The number of rotatable bonds is 3. The topological polar surface area (TPSA) is 69.6 Å². The highest BCUT2D eigenvalue weighted by Gasteiger charge is 2.06. The Bertz CT molecular complexity index is 720. The van der Waals surface area contributed by atoms with Crippen LogP contribution in [0.3, 0.4) is 0 Å². The van der Waals surface area contributed by atoms with Gasteiger partial charge in [-0.25, -0.2) is 9.67 Å². The van der Waals surface area contributed by atoms with Crippen molar-refractivity contribution in [3.63, 3.8) is 0 Å². The van der Waals surface area contributed by atoms with Crippen molar-refractivity contribution in [3.8, 4) is 11.4 Å². The van der Waals surface area contributed by atoms with E-state index in [9.17, 15) is 0 Å². The van der Waals surface area contributed by atoms with E-state index >= 15 is 0 Å². The van der Waals surface area contributed by atoms with E-state index in [1.54, 1.807) is 23.4 Å². The number of benzene rings is 1. The maximum atomic E-state index is 6.08. The molecular formula is C14H12ClN5. The Morgan fingerprint density at radius 1 is 1.15 bits per heavy atom. The smallest absolute Gasteiger partial charge is 0.181 e. The highest BCUT2D eigenvalue weighted by Crippen LogP contribution is 2.18. The summed E-state index contributed by atoms with van der Waals surface area (Å²) in [6.45, 7) is 0.559. The molecule has 0 spiro atoms. The van der Waals surface area contributed by atoms with Gasteiger partial charge in [0.2, 0.25) is 0 Å². The number of anilines is 1. The summed E-state index contributed by atoms with van der Waals surface area (Å²) in [6.07, 6.45) is 5.01. The van der Waals surface area contributed by atoms with Gasteiger partial charge in [0.05, 0.1) is 11.6 Å². The van der Waals surface area contributed by atoms with E-state index in [1.165, 1.54) is 0 Å². The number of hydrogen-bond acceptors (Lipinski definition) is 4. The van der Waals surface area contributed by atoms with Crippen LogP contribution in [0, 0.1) is 0 Å². The third kappa shape index (κ3) is 2.62. The highest BCUT2D eigenvalue weighted by atomic mass is 35.5. The summed E-state index contributed by atoms with van der Waals surface area (Å²) in [5.41, 5.74) is 8.26. The molecule has 0 aliphatic rings. The van der Waals surface area contributed by atoms with Gasteiger partial charge >= 0.3 is 0 Å². The van der Waals surface area contributed by atoms with Crippen LogP contribution >= 0.6 is 11.6 Å². The lowest BCUT2D eigenvalue weighted by Crippen LogP contribution is -2.01. The molecule has 6 heteroatoms. The van der Waals surface area contributed by atoms with Crippen molar-refractivity contribution in [2.45, 2.75) is 6.54 Å². The molecule has 0 amide bonds. The number of pyridine rings is 1. The summed E-state index contributed by atoms with van der Waals surface area (Å²) in [6, 6.07) is 9.32. The van der Waals surface area contributed by atoms with E-state index in [2.05, 4.69) is 15.1 Å². The fraction of sp³-hybridized carbons (Fsp3) is 0.0714. The zero-order chi connectivity index (χ0) is 13.9. The average Bonchev–Trinajstić information content (AvgIpc) is 2.91. The third-order valence-electron chi connectivity index (χ3n) is 2.89. The quantitative estimate of drug-likeness (QED) is 0.751. The minimum absolute atomic E-state index is 0.559. The Labute approximate surface area is 121 Å². The number of hydrogen-bond donors (Lipinski definition) is 1. The molecule has 0 unspecified atom stereocenters. The highest BCUT2D eigenvalue weighted by molar-refractivity contribution is 6.31. The predicted octanol–water partition coefficient (Wildman–Crippen LogP) is 2.62. The summed E-state index contributed by atoms with van der Waals surface area (Å²) >= 11 is 6.08. The summed E-state index contributed by atoms with van der Waals surface area (Å²) < 4.78 is 1.74. The molecule has 2 heterocycles. The maximum Gasteiger partial charge on any atom is 0.181 e. The molecule has 0 radical (unpaired) electrons. The van der Waals surface area contributed by atoms with Crippen molar-refractivity contribution in [1.82, 2.24) is 19.7 Å². The molecule has 1 aromatic carbocycles. The van der Waals surface area contributed by atoms with Crippen molar-refractivity contribution in [2.24, 2.45) is 0 Å². The first kappa shape index (κ1) is 12.6. The number of aromatic nitrogens is 4. The fourth-order valence-corrected chi connectivity index (χ4v) is 2.02. The minimum atomic E-state index is 0.559. The summed E-state index contributed by atoms with van der Waals surface area (Å²) in [5, 5.41) is 5.05. The van der Waals surface area contributed by atoms with Crippen LogP contribution < -0.4 is 5.73 Å². The third-order valence-corrected chi connectivity index (χ3v) is 3.23. The Balaban J connectivity index is 1.84. The molecular weight excluding hydrogens is 274 g/mol. The molecule has 100 valence electrons. The first-order valence-corrected chi connectivity index (χ1v) is 6.44. The van der Waals surface area contributed by atoms with E-state index in [4.69, 9.17) is 17.3 Å². The van der Waals surface area contributed by atoms with Crippen LogP contribution in [0.1, 0.15) is 5.56 Å². The van der Waals surface area contributed by atoms with Crippen LogP contribution in [0.5, 0.6) is 0 Å². The van der Waals surface area contributed by atoms with Gasteiger partial charge in [-0.3, -0.25) is 4.98 Å². The van der Waals surface area contributed by atoms with Crippen LogP contribution in [0.25, 0.3) is 11.4 Å². The Kier molecular flexibility index (Phi) is 3.35.